The SMILES string of the molecule is Cc1[nH]c(=O)c(C#N)c(C)c1CCC(=O)NCc1ccc(N2CCCC2=O)cc1. The van der Waals surface area contributed by atoms with Crippen molar-refractivity contribution in [3.8, 4) is 6.07 Å². The Balaban J connectivity index is 1.55. The fourth-order valence-corrected chi connectivity index (χ4v) is 3.66. The summed E-state index contributed by atoms with van der Waals surface area (Å²) in [6, 6.07) is 9.56. The summed E-state index contributed by atoms with van der Waals surface area (Å²) < 4.78 is 0. The van der Waals surface area contributed by atoms with Crippen molar-refractivity contribution in [3.63, 3.8) is 0 Å². The van der Waals surface area contributed by atoms with Crippen molar-refractivity contribution in [3.05, 3.63) is 62.6 Å². The number of hydrogen-bond donors (Lipinski definition) is 2. The number of hydrogen-bond acceptors (Lipinski definition) is 4. The van der Waals surface area contributed by atoms with Gasteiger partial charge in [0.15, 0.2) is 0 Å². The number of aromatic nitrogens is 1. The molecule has 0 aliphatic carbocycles. The minimum Gasteiger partial charge on any atom is -0.352 e. The molecule has 1 aromatic carbocycles. The molecule has 1 aromatic heterocycles. The smallest absolute Gasteiger partial charge is 0.266 e. The fourth-order valence-electron chi connectivity index (χ4n) is 3.66. The van der Waals surface area contributed by atoms with Crippen LogP contribution < -0.4 is 15.8 Å². The molecular formula is C22H24N4O3. The molecular weight excluding hydrogens is 368 g/mol. The minimum atomic E-state index is -0.394. The Labute approximate surface area is 169 Å². The van der Waals surface area contributed by atoms with E-state index in [1.807, 2.05) is 30.3 Å². The van der Waals surface area contributed by atoms with Crippen LogP contribution in [0.4, 0.5) is 5.69 Å². The predicted molar refractivity (Wildman–Crippen MR) is 109 cm³/mol. The van der Waals surface area contributed by atoms with E-state index < -0.39 is 5.56 Å². The lowest BCUT2D eigenvalue weighted by Gasteiger charge is -2.16. The molecule has 1 aliphatic heterocycles. The first-order valence-corrected chi connectivity index (χ1v) is 9.69. The van der Waals surface area contributed by atoms with Gasteiger partial charge in [-0.05, 0) is 55.5 Å². The number of rotatable bonds is 6. The number of anilines is 1. The molecule has 2 heterocycles. The Morgan fingerprint density at radius 2 is 1.97 bits per heavy atom. The lowest BCUT2D eigenvalue weighted by Crippen LogP contribution is -2.25. The lowest BCUT2D eigenvalue weighted by molar-refractivity contribution is -0.121. The van der Waals surface area contributed by atoms with E-state index in [-0.39, 0.29) is 23.8 Å². The summed E-state index contributed by atoms with van der Waals surface area (Å²) in [6.07, 6.45) is 2.20. The van der Waals surface area contributed by atoms with Gasteiger partial charge in [0.25, 0.3) is 5.56 Å². The maximum atomic E-state index is 12.3. The summed E-state index contributed by atoms with van der Waals surface area (Å²) in [4.78, 5) is 40.3. The highest BCUT2D eigenvalue weighted by atomic mass is 16.2. The largest absolute Gasteiger partial charge is 0.352 e. The third-order valence-electron chi connectivity index (χ3n) is 5.33. The van der Waals surface area contributed by atoms with Gasteiger partial charge >= 0.3 is 0 Å². The summed E-state index contributed by atoms with van der Waals surface area (Å²) in [6.45, 7) is 4.67. The van der Waals surface area contributed by atoms with Crippen LogP contribution in [0.2, 0.25) is 0 Å². The zero-order valence-corrected chi connectivity index (χ0v) is 16.7. The number of nitriles is 1. The first-order chi connectivity index (χ1) is 13.9. The monoisotopic (exact) mass is 392 g/mol. The lowest BCUT2D eigenvalue weighted by atomic mass is 9.99. The second kappa shape index (κ2) is 8.74. The van der Waals surface area contributed by atoms with E-state index in [0.717, 1.165) is 29.8 Å². The molecule has 1 fully saturated rings. The van der Waals surface area contributed by atoms with Crippen molar-refractivity contribution < 1.29 is 9.59 Å². The molecule has 0 atom stereocenters. The number of carbonyl (C=O) groups is 2. The van der Waals surface area contributed by atoms with Crippen LogP contribution in [0.25, 0.3) is 0 Å². The van der Waals surface area contributed by atoms with Gasteiger partial charge in [-0.25, -0.2) is 0 Å². The van der Waals surface area contributed by atoms with E-state index in [1.165, 1.54) is 0 Å². The van der Waals surface area contributed by atoms with Gasteiger partial charge in [0, 0.05) is 37.3 Å². The first-order valence-electron chi connectivity index (χ1n) is 9.69. The van der Waals surface area contributed by atoms with Crippen molar-refractivity contribution >= 4 is 17.5 Å². The van der Waals surface area contributed by atoms with Crippen LogP contribution in [0.3, 0.4) is 0 Å². The molecule has 7 nitrogen and oxygen atoms in total. The van der Waals surface area contributed by atoms with Crippen molar-refractivity contribution in [1.82, 2.24) is 10.3 Å². The summed E-state index contributed by atoms with van der Waals surface area (Å²) in [5.41, 5.74) is 3.70. The molecule has 3 rings (SSSR count). The van der Waals surface area contributed by atoms with Crippen LogP contribution in [0.15, 0.2) is 29.1 Å². The minimum absolute atomic E-state index is 0.0996. The Morgan fingerprint density at radius 3 is 2.59 bits per heavy atom. The number of pyridine rings is 1. The van der Waals surface area contributed by atoms with Crippen molar-refractivity contribution in [2.45, 2.75) is 46.1 Å². The molecule has 0 spiro atoms. The average molecular weight is 392 g/mol. The first kappa shape index (κ1) is 20.3. The van der Waals surface area contributed by atoms with Gasteiger partial charge in [-0.3, -0.25) is 14.4 Å². The Kier molecular flexibility index (Phi) is 6.13. The van der Waals surface area contributed by atoms with Crippen LogP contribution in [0.5, 0.6) is 0 Å². The van der Waals surface area contributed by atoms with E-state index >= 15 is 0 Å². The van der Waals surface area contributed by atoms with Gasteiger partial charge in [-0.15, -0.1) is 0 Å². The predicted octanol–water partition coefficient (Wildman–Crippen LogP) is 2.24. The second-order valence-corrected chi connectivity index (χ2v) is 7.26. The third kappa shape index (κ3) is 4.54. The molecule has 1 saturated heterocycles. The van der Waals surface area contributed by atoms with Gasteiger partial charge in [0.2, 0.25) is 11.8 Å². The topological polar surface area (TPSA) is 106 Å². The van der Waals surface area contributed by atoms with E-state index in [9.17, 15) is 14.4 Å². The molecule has 0 saturated carbocycles. The van der Waals surface area contributed by atoms with E-state index in [1.54, 1.807) is 18.7 Å². The highest BCUT2D eigenvalue weighted by Gasteiger charge is 2.21. The molecule has 7 heteroatoms. The third-order valence-corrected chi connectivity index (χ3v) is 5.33. The number of carbonyl (C=O) groups excluding carboxylic acids is 2. The van der Waals surface area contributed by atoms with Crippen molar-refractivity contribution in [2.75, 3.05) is 11.4 Å². The molecule has 0 unspecified atom stereocenters. The molecule has 0 radical (unpaired) electrons. The highest BCUT2D eigenvalue weighted by Crippen LogP contribution is 2.21. The van der Waals surface area contributed by atoms with Gasteiger partial charge in [0.1, 0.15) is 11.6 Å². The van der Waals surface area contributed by atoms with Crippen LogP contribution in [-0.4, -0.2) is 23.3 Å². The quantitative estimate of drug-likeness (QED) is 0.786. The maximum Gasteiger partial charge on any atom is 0.266 e. The van der Waals surface area contributed by atoms with Crippen LogP contribution in [0, 0.1) is 25.2 Å². The summed E-state index contributed by atoms with van der Waals surface area (Å²) in [5, 5.41) is 12.0. The Morgan fingerprint density at radius 1 is 1.24 bits per heavy atom. The second-order valence-electron chi connectivity index (χ2n) is 7.26. The van der Waals surface area contributed by atoms with Gasteiger partial charge in [-0.1, -0.05) is 12.1 Å². The maximum absolute atomic E-state index is 12.3. The molecule has 150 valence electrons. The zero-order valence-electron chi connectivity index (χ0n) is 16.7. The van der Waals surface area contributed by atoms with Gasteiger partial charge in [-0.2, -0.15) is 5.26 Å². The van der Waals surface area contributed by atoms with Gasteiger partial charge in [0.05, 0.1) is 0 Å². The molecule has 1 aliphatic rings. The number of nitrogens with one attached hydrogen (secondary N) is 2. The van der Waals surface area contributed by atoms with Crippen LogP contribution >= 0.6 is 0 Å². The summed E-state index contributed by atoms with van der Waals surface area (Å²) >= 11 is 0. The fraction of sp³-hybridized carbons (Fsp3) is 0.364. The normalized spacial score (nSPS) is 13.4. The van der Waals surface area contributed by atoms with Crippen molar-refractivity contribution in [2.24, 2.45) is 0 Å². The van der Waals surface area contributed by atoms with E-state index in [4.69, 9.17) is 5.26 Å². The number of benzene rings is 1. The van der Waals surface area contributed by atoms with Crippen molar-refractivity contribution in [1.29, 1.82) is 5.26 Å². The molecule has 29 heavy (non-hydrogen) atoms. The zero-order chi connectivity index (χ0) is 21.0. The number of aromatic amines is 1. The van der Waals surface area contributed by atoms with E-state index in [0.29, 0.717) is 30.6 Å². The Bertz CT molecular complexity index is 1030. The molecule has 2 amide bonds. The van der Waals surface area contributed by atoms with Gasteiger partial charge < -0.3 is 15.2 Å². The summed E-state index contributed by atoms with van der Waals surface area (Å²) in [7, 11) is 0. The number of H-pyrrole nitrogens is 1. The molecule has 0 bridgehead atoms. The number of amides is 2. The average Bonchev–Trinajstić information content (AvgIpc) is 3.12. The van der Waals surface area contributed by atoms with Crippen LogP contribution in [-0.2, 0) is 22.6 Å². The summed E-state index contributed by atoms with van der Waals surface area (Å²) in [5.74, 6) is 0.0470. The number of nitrogens with zero attached hydrogens (tertiary/aromatic N) is 2. The highest BCUT2D eigenvalue weighted by molar-refractivity contribution is 5.95. The Hall–Kier alpha value is -3.40. The van der Waals surface area contributed by atoms with E-state index in [2.05, 4.69) is 10.3 Å². The number of aryl methyl sites for hydroxylation is 1. The molecule has 2 N–H and O–H groups in total. The molecule has 2 aromatic rings. The standard InChI is InChI=1S/C22H24N4O3/c1-14-18(15(2)25-22(29)19(14)12-23)9-10-20(27)24-13-16-5-7-17(8-6-16)26-11-3-4-21(26)28/h5-8H,3-4,9-11,13H2,1-2H3,(H,24,27)(H,25,29). The van der Waals surface area contributed by atoms with Crippen LogP contribution in [0.1, 0.15) is 47.2 Å².